The zero-order valence-electron chi connectivity index (χ0n) is 14.6. The summed E-state index contributed by atoms with van der Waals surface area (Å²) >= 11 is 1.22. The minimum absolute atomic E-state index is 0.0323. The van der Waals surface area contributed by atoms with Crippen LogP contribution in [0.3, 0.4) is 0 Å². The van der Waals surface area contributed by atoms with Gasteiger partial charge in [0, 0.05) is 23.2 Å². The van der Waals surface area contributed by atoms with E-state index < -0.39 is 10.2 Å². The lowest BCUT2D eigenvalue weighted by Gasteiger charge is -2.09. The number of amides is 1. The number of nitro benzene ring substituents is 1. The zero-order chi connectivity index (χ0) is 19.7. The zero-order valence-corrected chi connectivity index (χ0v) is 15.5. The number of hydrogen-bond acceptors (Lipinski definition) is 7. The fourth-order valence-corrected chi connectivity index (χ4v) is 3.39. The minimum Gasteiger partial charge on any atom is -0.325 e. The molecule has 0 aliphatic rings. The summed E-state index contributed by atoms with van der Waals surface area (Å²) in [5.74, 6) is -0.249. The molecule has 10 heteroatoms. The molecule has 0 aliphatic heterocycles. The molecule has 1 N–H and O–H groups in total. The Morgan fingerprint density at radius 3 is 2.71 bits per heavy atom. The molecule has 0 spiro atoms. The van der Waals surface area contributed by atoms with Gasteiger partial charge in [0.1, 0.15) is 6.33 Å². The maximum absolute atomic E-state index is 12.4. The van der Waals surface area contributed by atoms with Crippen LogP contribution in [0.4, 0.5) is 11.4 Å². The van der Waals surface area contributed by atoms with E-state index in [9.17, 15) is 14.9 Å². The summed E-state index contributed by atoms with van der Waals surface area (Å²) in [4.78, 5) is 31.5. The van der Waals surface area contributed by atoms with Crippen molar-refractivity contribution in [3.05, 3.63) is 65.0 Å². The van der Waals surface area contributed by atoms with Crippen LogP contribution in [0.5, 0.6) is 0 Å². The number of nitro groups is 1. The molecule has 4 rings (SSSR count). The quantitative estimate of drug-likeness (QED) is 0.314. The number of nitrogens with one attached hydrogen (secondary N) is 1. The number of non-ortho nitro benzene ring substituents is 1. The van der Waals surface area contributed by atoms with Crippen LogP contribution in [-0.2, 0) is 4.79 Å². The second kappa shape index (κ2) is 7.24. The van der Waals surface area contributed by atoms with Gasteiger partial charge in [0.2, 0.25) is 11.1 Å². The summed E-state index contributed by atoms with van der Waals surface area (Å²) in [6, 6.07) is 13.3. The number of aromatic nitrogens is 4. The van der Waals surface area contributed by atoms with Crippen LogP contribution in [0.15, 0.2) is 60.0 Å². The Bertz CT molecular complexity index is 1190. The van der Waals surface area contributed by atoms with Crippen LogP contribution in [0.25, 0.3) is 16.6 Å². The van der Waals surface area contributed by atoms with Crippen LogP contribution < -0.4 is 5.32 Å². The van der Waals surface area contributed by atoms with E-state index in [1.165, 1.54) is 36.0 Å². The summed E-state index contributed by atoms with van der Waals surface area (Å²) in [6.45, 7) is 1.74. The van der Waals surface area contributed by atoms with Gasteiger partial charge in [-0.3, -0.25) is 14.9 Å². The number of thioether (sulfide) groups is 1. The number of para-hydroxylation sites is 1. The van der Waals surface area contributed by atoms with Crippen molar-refractivity contribution in [2.75, 3.05) is 5.32 Å². The van der Waals surface area contributed by atoms with Gasteiger partial charge in [-0.1, -0.05) is 23.9 Å². The van der Waals surface area contributed by atoms with Crippen LogP contribution in [-0.4, -0.2) is 35.7 Å². The maximum Gasteiger partial charge on any atom is 0.269 e. The molecule has 0 aliphatic carbocycles. The highest BCUT2D eigenvalue weighted by atomic mass is 32.2. The van der Waals surface area contributed by atoms with Gasteiger partial charge in [-0.2, -0.15) is 0 Å². The van der Waals surface area contributed by atoms with E-state index in [1.807, 2.05) is 24.3 Å². The summed E-state index contributed by atoms with van der Waals surface area (Å²) in [5.41, 5.74) is 1.95. The molecule has 0 unspecified atom stereocenters. The number of carbonyl (C=O) groups excluding carboxylic acids is 1. The van der Waals surface area contributed by atoms with Gasteiger partial charge in [-0.25, -0.2) is 14.5 Å². The standard InChI is InChI=1S/C18H14N6O3S/c1-11(17(25)20-12-6-8-13(9-7-12)24(26)27)28-18-21-16-14-4-2-3-5-15(14)19-10-23(16)22-18/h2-11H,1H3,(H,20,25)/t11-/m0/s1. The van der Waals surface area contributed by atoms with Crippen LogP contribution in [0, 0.1) is 10.1 Å². The molecule has 0 saturated carbocycles. The van der Waals surface area contributed by atoms with E-state index in [0.29, 0.717) is 16.5 Å². The molecule has 0 bridgehead atoms. The van der Waals surface area contributed by atoms with E-state index in [2.05, 4.69) is 20.4 Å². The predicted octanol–water partition coefficient (Wildman–Crippen LogP) is 3.31. The maximum atomic E-state index is 12.4. The van der Waals surface area contributed by atoms with Crippen molar-refractivity contribution in [2.24, 2.45) is 0 Å². The molecule has 0 fully saturated rings. The number of hydrogen-bond donors (Lipinski definition) is 1. The lowest BCUT2D eigenvalue weighted by Crippen LogP contribution is -2.22. The molecule has 140 valence electrons. The number of anilines is 1. The average Bonchev–Trinajstić information content (AvgIpc) is 3.11. The molecule has 1 amide bonds. The molecule has 0 saturated heterocycles. The van der Waals surface area contributed by atoms with Crippen LogP contribution >= 0.6 is 11.8 Å². The van der Waals surface area contributed by atoms with E-state index in [0.717, 1.165) is 10.9 Å². The Morgan fingerprint density at radius 1 is 1.21 bits per heavy atom. The summed E-state index contributed by atoms with van der Waals surface area (Å²) in [6.07, 6.45) is 1.59. The number of carbonyl (C=O) groups is 1. The number of fused-ring (bicyclic) bond motifs is 3. The second-order valence-electron chi connectivity index (χ2n) is 5.98. The molecular weight excluding hydrogens is 380 g/mol. The fourth-order valence-electron chi connectivity index (χ4n) is 2.63. The molecule has 0 radical (unpaired) electrons. The Balaban J connectivity index is 1.49. The van der Waals surface area contributed by atoms with E-state index in [1.54, 1.807) is 17.8 Å². The van der Waals surface area contributed by atoms with Gasteiger partial charge >= 0.3 is 0 Å². The lowest BCUT2D eigenvalue weighted by molar-refractivity contribution is -0.384. The highest BCUT2D eigenvalue weighted by molar-refractivity contribution is 8.00. The Morgan fingerprint density at radius 2 is 1.96 bits per heavy atom. The highest BCUT2D eigenvalue weighted by Crippen LogP contribution is 2.24. The molecule has 2 heterocycles. The van der Waals surface area contributed by atoms with Crippen LogP contribution in [0.2, 0.25) is 0 Å². The number of rotatable bonds is 5. The van der Waals surface area contributed by atoms with Gasteiger partial charge in [0.05, 0.1) is 15.7 Å². The summed E-state index contributed by atoms with van der Waals surface area (Å²) in [7, 11) is 0. The van der Waals surface area contributed by atoms with E-state index in [4.69, 9.17) is 0 Å². The molecule has 2 aromatic heterocycles. The third kappa shape index (κ3) is 3.49. The lowest BCUT2D eigenvalue weighted by atomic mass is 10.2. The topological polar surface area (TPSA) is 115 Å². The van der Waals surface area contributed by atoms with Crippen molar-refractivity contribution in [1.29, 1.82) is 0 Å². The Kier molecular flexibility index (Phi) is 4.62. The molecule has 28 heavy (non-hydrogen) atoms. The monoisotopic (exact) mass is 394 g/mol. The van der Waals surface area contributed by atoms with Crippen molar-refractivity contribution in [2.45, 2.75) is 17.3 Å². The molecule has 1 atom stereocenters. The van der Waals surface area contributed by atoms with Crippen molar-refractivity contribution < 1.29 is 9.72 Å². The Labute approximate surface area is 162 Å². The largest absolute Gasteiger partial charge is 0.325 e. The molecular formula is C18H14N6O3S. The van der Waals surface area contributed by atoms with Gasteiger partial charge in [0.15, 0.2) is 5.65 Å². The van der Waals surface area contributed by atoms with E-state index in [-0.39, 0.29) is 11.6 Å². The van der Waals surface area contributed by atoms with Gasteiger partial charge in [-0.15, -0.1) is 5.10 Å². The van der Waals surface area contributed by atoms with Gasteiger partial charge < -0.3 is 5.32 Å². The van der Waals surface area contributed by atoms with Crippen molar-refractivity contribution in [3.8, 4) is 0 Å². The van der Waals surface area contributed by atoms with Crippen molar-refractivity contribution in [3.63, 3.8) is 0 Å². The summed E-state index contributed by atoms with van der Waals surface area (Å²) in [5, 5.41) is 18.7. The van der Waals surface area contributed by atoms with E-state index >= 15 is 0 Å². The normalized spacial score (nSPS) is 12.2. The first-order valence-electron chi connectivity index (χ1n) is 8.33. The van der Waals surface area contributed by atoms with Gasteiger partial charge in [0.25, 0.3) is 5.69 Å². The third-order valence-electron chi connectivity index (χ3n) is 4.06. The first kappa shape index (κ1) is 17.9. The average molecular weight is 394 g/mol. The first-order valence-corrected chi connectivity index (χ1v) is 9.21. The predicted molar refractivity (Wildman–Crippen MR) is 105 cm³/mol. The van der Waals surface area contributed by atoms with Crippen molar-refractivity contribution in [1.82, 2.24) is 19.6 Å². The number of benzene rings is 2. The fraction of sp³-hybridized carbons (Fsp3) is 0.111. The molecule has 2 aromatic carbocycles. The Hall–Kier alpha value is -3.53. The smallest absolute Gasteiger partial charge is 0.269 e. The summed E-state index contributed by atoms with van der Waals surface area (Å²) < 4.78 is 1.59. The molecule has 4 aromatic rings. The number of nitrogens with zero attached hydrogens (tertiary/aromatic N) is 5. The second-order valence-corrected chi connectivity index (χ2v) is 7.29. The highest BCUT2D eigenvalue weighted by Gasteiger charge is 2.18. The SMILES string of the molecule is C[C@H](Sc1nc2c3ccccc3ncn2n1)C(=O)Nc1ccc([N+](=O)[O-])cc1. The molecule has 9 nitrogen and oxygen atoms in total. The third-order valence-corrected chi connectivity index (χ3v) is 5.01. The van der Waals surface area contributed by atoms with Crippen LogP contribution in [0.1, 0.15) is 6.92 Å². The van der Waals surface area contributed by atoms with Crippen molar-refractivity contribution >= 4 is 45.6 Å². The van der Waals surface area contributed by atoms with Gasteiger partial charge in [-0.05, 0) is 31.2 Å². The first-order chi connectivity index (χ1) is 13.5. The minimum atomic E-state index is -0.488.